The number of benzene rings is 1. The number of sulfonamides is 1. The van der Waals surface area contributed by atoms with Crippen LogP contribution in [0, 0.1) is 6.92 Å². The molecule has 0 aliphatic carbocycles. The molecule has 0 spiro atoms. The third-order valence-electron chi connectivity index (χ3n) is 3.83. The van der Waals surface area contributed by atoms with Gasteiger partial charge in [-0.05, 0) is 50.5 Å². The van der Waals surface area contributed by atoms with E-state index < -0.39 is 10.0 Å². The lowest BCUT2D eigenvalue weighted by molar-refractivity contribution is 0.227. The number of nitrogens with zero attached hydrogens (tertiary/aromatic N) is 1. The van der Waals surface area contributed by atoms with E-state index in [1.54, 1.807) is 16.4 Å². The van der Waals surface area contributed by atoms with Crippen LogP contribution in [0.1, 0.15) is 31.7 Å². The number of piperidine rings is 1. The standard InChI is InChI=1S/C14H21BrN2O2S/c1-10-9-12(15)6-7-14(10)20(18,19)17-8-4-3-5-13(17)11(2)16/h6-7,9,11,13H,3-5,8,16H2,1-2H3. The normalized spacial score (nSPS) is 22.7. The summed E-state index contributed by atoms with van der Waals surface area (Å²) in [5, 5.41) is 0. The minimum absolute atomic E-state index is 0.100. The zero-order valence-electron chi connectivity index (χ0n) is 11.8. The highest BCUT2D eigenvalue weighted by atomic mass is 79.9. The molecule has 4 nitrogen and oxygen atoms in total. The molecule has 1 saturated heterocycles. The fourth-order valence-electron chi connectivity index (χ4n) is 2.78. The van der Waals surface area contributed by atoms with E-state index in [9.17, 15) is 8.42 Å². The lowest BCUT2D eigenvalue weighted by atomic mass is 10.00. The average Bonchev–Trinajstić information content (AvgIpc) is 2.38. The molecular formula is C14H21BrN2O2S. The third kappa shape index (κ3) is 3.08. The van der Waals surface area contributed by atoms with Gasteiger partial charge < -0.3 is 5.73 Å². The summed E-state index contributed by atoms with van der Waals surface area (Å²) >= 11 is 3.37. The van der Waals surface area contributed by atoms with Crippen molar-refractivity contribution < 1.29 is 8.42 Å². The van der Waals surface area contributed by atoms with Crippen LogP contribution in [0.2, 0.25) is 0 Å². The van der Waals surface area contributed by atoms with Gasteiger partial charge in [-0.15, -0.1) is 0 Å². The number of hydrogen-bond donors (Lipinski definition) is 1. The molecule has 1 heterocycles. The first kappa shape index (κ1) is 15.9. The van der Waals surface area contributed by atoms with Crippen molar-refractivity contribution in [2.45, 2.75) is 50.1 Å². The van der Waals surface area contributed by atoms with Gasteiger partial charge in [-0.1, -0.05) is 22.4 Å². The van der Waals surface area contributed by atoms with Crippen molar-refractivity contribution in [1.29, 1.82) is 0 Å². The Morgan fingerprint density at radius 3 is 2.70 bits per heavy atom. The Labute approximate surface area is 129 Å². The second-order valence-electron chi connectivity index (χ2n) is 5.45. The highest BCUT2D eigenvalue weighted by Gasteiger charge is 2.35. The van der Waals surface area contributed by atoms with Gasteiger partial charge in [0.2, 0.25) is 10.0 Å². The maximum atomic E-state index is 12.9. The van der Waals surface area contributed by atoms with E-state index in [4.69, 9.17) is 5.73 Å². The molecule has 2 N–H and O–H groups in total. The Morgan fingerprint density at radius 2 is 2.10 bits per heavy atom. The van der Waals surface area contributed by atoms with Gasteiger partial charge in [0.15, 0.2) is 0 Å². The molecule has 1 aromatic rings. The maximum absolute atomic E-state index is 12.9. The zero-order chi connectivity index (χ0) is 14.9. The molecule has 112 valence electrons. The zero-order valence-corrected chi connectivity index (χ0v) is 14.2. The summed E-state index contributed by atoms with van der Waals surface area (Å²) in [4.78, 5) is 0.383. The van der Waals surface area contributed by atoms with Gasteiger partial charge in [-0.3, -0.25) is 0 Å². The largest absolute Gasteiger partial charge is 0.326 e. The lowest BCUT2D eigenvalue weighted by Gasteiger charge is -2.37. The molecular weight excluding hydrogens is 340 g/mol. The summed E-state index contributed by atoms with van der Waals surface area (Å²) in [7, 11) is -3.47. The quantitative estimate of drug-likeness (QED) is 0.900. The molecule has 6 heteroatoms. The topological polar surface area (TPSA) is 63.4 Å². The minimum atomic E-state index is -3.47. The predicted molar refractivity (Wildman–Crippen MR) is 84.1 cm³/mol. The third-order valence-corrected chi connectivity index (χ3v) is 6.41. The number of rotatable bonds is 3. The molecule has 2 rings (SSSR count). The molecule has 0 radical (unpaired) electrons. The van der Waals surface area contributed by atoms with Crippen molar-refractivity contribution in [2.24, 2.45) is 5.73 Å². The molecule has 1 aliphatic heterocycles. The molecule has 1 aromatic carbocycles. The average molecular weight is 361 g/mol. The van der Waals surface area contributed by atoms with Crippen molar-refractivity contribution in [2.75, 3.05) is 6.54 Å². The van der Waals surface area contributed by atoms with E-state index in [1.807, 2.05) is 19.9 Å². The van der Waals surface area contributed by atoms with E-state index in [1.165, 1.54) is 0 Å². The van der Waals surface area contributed by atoms with Crippen molar-refractivity contribution in [3.8, 4) is 0 Å². The first-order valence-electron chi connectivity index (χ1n) is 6.87. The summed E-state index contributed by atoms with van der Waals surface area (Å²) in [6.07, 6.45) is 2.78. The van der Waals surface area contributed by atoms with Gasteiger partial charge in [0.05, 0.1) is 4.90 Å². The van der Waals surface area contributed by atoms with Crippen LogP contribution in [0.4, 0.5) is 0 Å². The summed E-state index contributed by atoms with van der Waals surface area (Å²) in [5.74, 6) is 0. The first-order chi connectivity index (χ1) is 9.34. The van der Waals surface area contributed by atoms with Gasteiger partial charge in [-0.25, -0.2) is 8.42 Å². The number of halogens is 1. The lowest BCUT2D eigenvalue weighted by Crippen LogP contribution is -2.51. The molecule has 20 heavy (non-hydrogen) atoms. The van der Waals surface area contributed by atoms with Crippen LogP contribution in [-0.4, -0.2) is 31.4 Å². The summed E-state index contributed by atoms with van der Waals surface area (Å²) in [6, 6.07) is 5.02. The Hall–Kier alpha value is -0.430. The van der Waals surface area contributed by atoms with Crippen molar-refractivity contribution >= 4 is 26.0 Å². The Bertz CT molecular complexity index is 587. The van der Waals surface area contributed by atoms with E-state index in [0.29, 0.717) is 11.4 Å². The van der Waals surface area contributed by atoms with Gasteiger partial charge in [0.1, 0.15) is 0 Å². The van der Waals surface area contributed by atoms with Gasteiger partial charge in [-0.2, -0.15) is 4.31 Å². The summed E-state index contributed by atoms with van der Waals surface area (Å²) in [5.41, 5.74) is 6.74. The van der Waals surface area contributed by atoms with Crippen molar-refractivity contribution in [3.05, 3.63) is 28.2 Å². The number of hydrogen-bond acceptors (Lipinski definition) is 3. The van der Waals surface area contributed by atoms with Crippen LogP contribution in [-0.2, 0) is 10.0 Å². The molecule has 0 aromatic heterocycles. The first-order valence-corrected chi connectivity index (χ1v) is 9.11. The molecule has 0 saturated carbocycles. The Balaban J connectivity index is 2.42. The summed E-state index contributed by atoms with van der Waals surface area (Å²) < 4.78 is 28.3. The van der Waals surface area contributed by atoms with Crippen LogP contribution in [0.15, 0.2) is 27.6 Å². The van der Waals surface area contributed by atoms with Crippen LogP contribution in [0.5, 0.6) is 0 Å². The molecule has 2 unspecified atom stereocenters. The molecule has 1 aliphatic rings. The second-order valence-corrected chi connectivity index (χ2v) is 8.22. The summed E-state index contributed by atoms with van der Waals surface area (Å²) in [6.45, 7) is 4.26. The van der Waals surface area contributed by atoms with Crippen LogP contribution < -0.4 is 5.73 Å². The molecule has 0 bridgehead atoms. The van der Waals surface area contributed by atoms with Crippen LogP contribution in [0.3, 0.4) is 0 Å². The predicted octanol–water partition coefficient (Wildman–Crippen LogP) is 2.65. The fraction of sp³-hybridized carbons (Fsp3) is 0.571. The van der Waals surface area contributed by atoms with E-state index in [-0.39, 0.29) is 12.1 Å². The Kier molecular flexibility index (Phi) is 4.89. The van der Waals surface area contributed by atoms with Crippen molar-refractivity contribution in [3.63, 3.8) is 0 Å². The number of aryl methyl sites for hydroxylation is 1. The van der Waals surface area contributed by atoms with Gasteiger partial charge >= 0.3 is 0 Å². The molecule has 2 atom stereocenters. The SMILES string of the molecule is Cc1cc(Br)ccc1S(=O)(=O)N1CCCCC1C(C)N. The van der Waals surface area contributed by atoms with E-state index >= 15 is 0 Å². The van der Waals surface area contributed by atoms with E-state index in [2.05, 4.69) is 15.9 Å². The maximum Gasteiger partial charge on any atom is 0.243 e. The highest BCUT2D eigenvalue weighted by Crippen LogP contribution is 2.29. The Morgan fingerprint density at radius 1 is 1.40 bits per heavy atom. The number of nitrogens with two attached hydrogens (primary N) is 1. The van der Waals surface area contributed by atoms with Gasteiger partial charge in [0.25, 0.3) is 0 Å². The smallest absolute Gasteiger partial charge is 0.243 e. The van der Waals surface area contributed by atoms with Crippen LogP contribution >= 0.6 is 15.9 Å². The molecule has 1 fully saturated rings. The fourth-order valence-corrected chi connectivity index (χ4v) is 5.24. The second kappa shape index (κ2) is 6.13. The van der Waals surface area contributed by atoms with E-state index in [0.717, 1.165) is 29.3 Å². The van der Waals surface area contributed by atoms with Crippen molar-refractivity contribution in [1.82, 2.24) is 4.31 Å². The highest BCUT2D eigenvalue weighted by molar-refractivity contribution is 9.10. The monoisotopic (exact) mass is 360 g/mol. The minimum Gasteiger partial charge on any atom is -0.326 e. The van der Waals surface area contributed by atoms with Gasteiger partial charge in [0, 0.05) is 23.1 Å². The van der Waals surface area contributed by atoms with Crippen LogP contribution in [0.25, 0.3) is 0 Å². The molecule has 0 amide bonds.